The molecule has 0 heterocycles. The number of rotatable bonds is 5. The lowest BCUT2D eigenvalue weighted by atomic mass is 9.86. The van der Waals surface area contributed by atoms with Crippen LogP contribution in [0.15, 0.2) is 30.3 Å². The van der Waals surface area contributed by atoms with Crippen molar-refractivity contribution in [3.8, 4) is 0 Å². The van der Waals surface area contributed by atoms with Gasteiger partial charge in [0.2, 0.25) is 5.91 Å². The summed E-state index contributed by atoms with van der Waals surface area (Å²) in [6.07, 6.45) is 0.593. The maximum Gasteiger partial charge on any atom is 0.233 e. The third-order valence-corrected chi connectivity index (χ3v) is 3.85. The molecule has 18 heavy (non-hydrogen) atoms. The first-order valence-corrected chi connectivity index (χ1v) is 6.48. The molecule has 3 N–H and O–H groups in total. The minimum Gasteiger partial charge on any atom is -0.392 e. The Balaban J connectivity index is 2.79. The van der Waals surface area contributed by atoms with Gasteiger partial charge >= 0.3 is 0 Å². The summed E-state index contributed by atoms with van der Waals surface area (Å²) in [6.45, 7) is 5.64. The highest BCUT2D eigenvalue weighted by molar-refractivity contribution is 7.80. The molecule has 0 bridgehead atoms. The molecule has 1 aromatic rings. The van der Waals surface area contributed by atoms with Crippen LogP contribution in [0.3, 0.4) is 0 Å². The number of hydrogen-bond acceptors (Lipinski definition) is 2. The molecule has 1 aromatic carbocycles. The Morgan fingerprint density at radius 2 is 2.00 bits per heavy atom. The van der Waals surface area contributed by atoms with E-state index in [-0.39, 0.29) is 16.9 Å². The smallest absolute Gasteiger partial charge is 0.233 e. The van der Waals surface area contributed by atoms with Crippen LogP contribution < -0.4 is 11.1 Å². The Morgan fingerprint density at radius 3 is 2.44 bits per heavy atom. The van der Waals surface area contributed by atoms with Crippen molar-refractivity contribution in [3.63, 3.8) is 0 Å². The number of amides is 1. The summed E-state index contributed by atoms with van der Waals surface area (Å²) in [5.74, 6) is -0.117. The normalized spacial score (nSPS) is 15.5. The van der Waals surface area contributed by atoms with Gasteiger partial charge in [-0.3, -0.25) is 4.79 Å². The van der Waals surface area contributed by atoms with E-state index >= 15 is 0 Å². The van der Waals surface area contributed by atoms with E-state index in [9.17, 15) is 4.79 Å². The van der Waals surface area contributed by atoms with Gasteiger partial charge in [0.1, 0.15) is 0 Å². The van der Waals surface area contributed by atoms with Crippen molar-refractivity contribution in [3.05, 3.63) is 35.9 Å². The lowest BCUT2D eigenvalue weighted by molar-refractivity contribution is -0.127. The molecule has 0 aliphatic heterocycles. The summed E-state index contributed by atoms with van der Waals surface area (Å²) in [5.41, 5.74) is 5.95. The SMILES string of the molecule is CCC(C)(C(=O)NC(C)c1ccccc1)C(N)=S. The zero-order valence-electron chi connectivity index (χ0n) is 11.1. The Morgan fingerprint density at radius 1 is 1.44 bits per heavy atom. The molecule has 0 saturated heterocycles. The third kappa shape index (κ3) is 3.07. The lowest BCUT2D eigenvalue weighted by Crippen LogP contribution is -2.47. The van der Waals surface area contributed by atoms with Crippen molar-refractivity contribution in [2.45, 2.75) is 33.2 Å². The molecule has 0 aliphatic carbocycles. The van der Waals surface area contributed by atoms with Crippen LogP contribution in [0.25, 0.3) is 0 Å². The Bertz CT molecular complexity index is 433. The minimum absolute atomic E-state index is 0.0566. The summed E-state index contributed by atoms with van der Waals surface area (Å²) < 4.78 is 0. The van der Waals surface area contributed by atoms with Gasteiger partial charge in [0, 0.05) is 0 Å². The van der Waals surface area contributed by atoms with Crippen molar-refractivity contribution < 1.29 is 4.79 Å². The van der Waals surface area contributed by atoms with Gasteiger partial charge in [-0.25, -0.2) is 0 Å². The molecule has 0 fully saturated rings. The highest BCUT2D eigenvalue weighted by Crippen LogP contribution is 2.23. The molecule has 1 amide bonds. The van der Waals surface area contributed by atoms with Crippen molar-refractivity contribution in [1.29, 1.82) is 0 Å². The lowest BCUT2D eigenvalue weighted by Gasteiger charge is -2.27. The van der Waals surface area contributed by atoms with E-state index in [1.165, 1.54) is 0 Å². The molecule has 3 nitrogen and oxygen atoms in total. The Kier molecular flexibility index (Phi) is 4.84. The minimum atomic E-state index is -0.779. The molecule has 98 valence electrons. The summed E-state index contributed by atoms with van der Waals surface area (Å²) in [6, 6.07) is 9.75. The van der Waals surface area contributed by atoms with E-state index < -0.39 is 5.41 Å². The number of carbonyl (C=O) groups excluding carboxylic acids is 1. The predicted octanol–water partition coefficient (Wildman–Crippen LogP) is 2.57. The number of benzene rings is 1. The highest BCUT2D eigenvalue weighted by Gasteiger charge is 2.35. The van der Waals surface area contributed by atoms with Crippen molar-refractivity contribution in [2.75, 3.05) is 0 Å². The van der Waals surface area contributed by atoms with Gasteiger partial charge < -0.3 is 11.1 Å². The molecule has 0 radical (unpaired) electrons. The van der Waals surface area contributed by atoms with Crippen LogP contribution in [-0.4, -0.2) is 10.9 Å². The quantitative estimate of drug-likeness (QED) is 0.804. The second-order valence-electron chi connectivity index (χ2n) is 4.66. The van der Waals surface area contributed by atoms with Crippen LogP contribution >= 0.6 is 12.2 Å². The van der Waals surface area contributed by atoms with E-state index in [0.29, 0.717) is 6.42 Å². The van der Waals surface area contributed by atoms with E-state index in [1.807, 2.05) is 44.2 Å². The van der Waals surface area contributed by atoms with Gasteiger partial charge in [0.05, 0.1) is 16.4 Å². The second-order valence-corrected chi connectivity index (χ2v) is 5.10. The largest absolute Gasteiger partial charge is 0.392 e. The van der Waals surface area contributed by atoms with E-state index in [2.05, 4.69) is 5.32 Å². The molecule has 0 saturated carbocycles. The standard InChI is InChI=1S/C14H20N2OS/c1-4-14(3,12(15)18)13(17)16-10(2)11-8-6-5-7-9-11/h5-10H,4H2,1-3H3,(H2,15,18)(H,16,17). The fourth-order valence-corrected chi connectivity index (χ4v) is 1.86. The van der Waals surface area contributed by atoms with E-state index in [0.717, 1.165) is 5.56 Å². The molecule has 0 aliphatic rings. The maximum absolute atomic E-state index is 12.2. The van der Waals surface area contributed by atoms with Gasteiger partial charge in [0.15, 0.2) is 0 Å². The van der Waals surface area contributed by atoms with Crippen LogP contribution in [-0.2, 0) is 4.79 Å². The van der Waals surface area contributed by atoms with Gasteiger partial charge in [-0.05, 0) is 25.8 Å². The van der Waals surface area contributed by atoms with Gasteiger partial charge in [-0.1, -0.05) is 49.5 Å². The molecule has 2 atom stereocenters. The van der Waals surface area contributed by atoms with Gasteiger partial charge in [-0.2, -0.15) is 0 Å². The average Bonchev–Trinajstić information content (AvgIpc) is 2.38. The number of hydrogen-bond donors (Lipinski definition) is 2. The van der Waals surface area contributed by atoms with Crippen molar-refractivity contribution in [2.24, 2.45) is 11.1 Å². The topological polar surface area (TPSA) is 55.1 Å². The highest BCUT2D eigenvalue weighted by atomic mass is 32.1. The zero-order valence-corrected chi connectivity index (χ0v) is 11.9. The average molecular weight is 264 g/mol. The van der Waals surface area contributed by atoms with Crippen LogP contribution in [0.4, 0.5) is 0 Å². The molecule has 4 heteroatoms. The molecule has 0 aromatic heterocycles. The second kappa shape index (κ2) is 5.96. The maximum atomic E-state index is 12.2. The predicted molar refractivity (Wildman–Crippen MR) is 78.2 cm³/mol. The molecule has 2 unspecified atom stereocenters. The van der Waals surface area contributed by atoms with Crippen molar-refractivity contribution in [1.82, 2.24) is 5.32 Å². The fourth-order valence-electron chi connectivity index (χ4n) is 1.63. The zero-order chi connectivity index (χ0) is 13.8. The van der Waals surface area contributed by atoms with Crippen LogP contribution in [0, 0.1) is 5.41 Å². The number of nitrogens with one attached hydrogen (secondary N) is 1. The first kappa shape index (κ1) is 14.6. The van der Waals surface area contributed by atoms with E-state index in [4.69, 9.17) is 18.0 Å². The molecular weight excluding hydrogens is 244 g/mol. The van der Waals surface area contributed by atoms with Gasteiger partial charge in [-0.15, -0.1) is 0 Å². The third-order valence-electron chi connectivity index (χ3n) is 3.40. The fraction of sp³-hybridized carbons (Fsp3) is 0.429. The summed E-state index contributed by atoms with van der Waals surface area (Å²) >= 11 is 4.99. The summed E-state index contributed by atoms with van der Waals surface area (Å²) in [5, 5.41) is 2.96. The van der Waals surface area contributed by atoms with Crippen molar-refractivity contribution >= 4 is 23.1 Å². The molecule has 0 spiro atoms. The molecular formula is C14H20N2OS. The Labute approximate surface area is 114 Å². The summed E-state index contributed by atoms with van der Waals surface area (Å²) in [4.78, 5) is 12.5. The Hall–Kier alpha value is -1.42. The molecule has 1 rings (SSSR count). The van der Waals surface area contributed by atoms with Crippen LogP contribution in [0.2, 0.25) is 0 Å². The first-order chi connectivity index (χ1) is 8.41. The van der Waals surface area contributed by atoms with Crippen LogP contribution in [0.5, 0.6) is 0 Å². The van der Waals surface area contributed by atoms with E-state index in [1.54, 1.807) is 6.92 Å². The van der Waals surface area contributed by atoms with Crippen LogP contribution in [0.1, 0.15) is 38.8 Å². The number of carbonyl (C=O) groups is 1. The van der Waals surface area contributed by atoms with Gasteiger partial charge in [0.25, 0.3) is 0 Å². The first-order valence-electron chi connectivity index (χ1n) is 6.07. The summed E-state index contributed by atoms with van der Waals surface area (Å²) in [7, 11) is 0. The monoisotopic (exact) mass is 264 g/mol. The number of nitrogens with two attached hydrogens (primary N) is 1. The number of thiocarbonyl (C=S) groups is 1.